The molecule has 2 atom stereocenters. The Hall–Kier alpha value is -0.860. The van der Waals surface area contributed by atoms with Gasteiger partial charge in [0.15, 0.2) is 0 Å². The lowest BCUT2D eigenvalue weighted by molar-refractivity contribution is 0.00713. The van der Waals surface area contributed by atoms with Crippen LogP contribution in [0.5, 0.6) is 0 Å². The fraction of sp³-hybridized carbons (Fsp3) is 0.571. The van der Waals surface area contributed by atoms with Gasteiger partial charge in [0.2, 0.25) is 0 Å². The van der Waals surface area contributed by atoms with Crippen LogP contribution in [0.25, 0.3) is 0 Å². The Morgan fingerprint density at radius 3 is 2.81 bits per heavy atom. The molecule has 2 rings (SSSR count). The van der Waals surface area contributed by atoms with Crippen molar-refractivity contribution >= 4 is 0 Å². The third-order valence-corrected chi connectivity index (χ3v) is 3.75. The molecule has 2 N–H and O–H groups in total. The number of rotatable bonds is 3. The second-order valence-corrected chi connectivity index (χ2v) is 5.15. The monoisotopic (exact) mass is 219 g/mol. The van der Waals surface area contributed by atoms with E-state index in [-0.39, 0.29) is 0 Å². The van der Waals surface area contributed by atoms with Crippen LogP contribution < -0.4 is 5.32 Å². The van der Waals surface area contributed by atoms with Crippen LogP contribution in [0, 0.1) is 12.8 Å². The van der Waals surface area contributed by atoms with E-state index in [1.54, 1.807) is 0 Å². The highest BCUT2D eigenvalue weighted by atomic mass is 16.3. The van der Waals surface area contributed by atoms with Crippen LogP contribution in [0.2, 0.25) is 0 Å². The van der Waals surface area contributed by atoms with Crippen LogP contribution in [0.3, 0.4) is 0 Å². The zero-order valence-corrected chi connectivity index (χ0v) is 10.2. The smallest absolute Gasteiger partial charge is 0.0700 e. The molecule has 0 bridgehead atoms. The number of benzene rings is 1. The summed E-state index contributed by atoms with van der Waals surface area (Å²) in [4.78, 5) is 0. The summed E-state index contributed by atoms with van der Waals surface area (Å²) >= 11 is 0. The summed E-state index contributed by atoms with van der Waals surface area (Å²) in [7, 11) is 0. The minimum atomic E-state index is -0.588. The number of nitrogens with one attached hydrogen (secondary N) is 1. The summed E-state index contributed by atoms with van der Waals surface area (Å²) < 4.78 is 0. The van der Waals surface area contributed by atoms with E-state index in [1.807, 2.05) is 19.1 Å². The second kappa shape index (κ2) is 4.56. The van der Waals surface area contributed by atoms with Gasteiger partial charge in [-0.05, 0) is 37.9 Å². The normalized spacial score (nSPS) is 24.3. The average Bonchev–Trinajstić information content (AvgIpc) is 2.75. The molecule has 2 heteroatoms. The van der Waals surface area contributed by atoms with E-state index in [4.69, 9.17) is 0 Å². The SMILES string of the molecule is Cc1ccccc1CC(C)(O)C1CCNC1. The van der Waals surface area contributed by atoms with Crippen molar-refractivity contribution in [2.45, 2.75) is 32.3 Å². The van der Waals surface area contributed by atoms with Crippen molar-refractivity contribution in [2.24, 2.45) is 5.92 Å². The Morgan fingerprint density at radius 1 is 1.44 bits per heavy atom. The predicted molar refractivity (Wildman–Crippen MR) is 66.5 cm³/mol. The summed E-state index contributed by atoms with van der Waals surface area (Å²) in [6, 6.07) is 8.32. The lowest BCUT2D eigenvalue weighted by Crippen LogP contribution is -2.38. The summed E-state index contributed by atoms with van der Waals surface area (Å²) in [5, 5.41) is 13.9. The van der Waals surface area contributed by atoms with Gasteiger partial charge in [-0.3, -0.25) is 0 Å². The standard InChI is InChI=1S/C14H21NO/c1-11-5-3-4-6-12(11)9-14(2,16)13-7-8-15-10-13/h3-6,13,15-16H,7-10H2,1-2H3. The fourth-order valence-electron chi connectivity index (χ4n) is 2.52. The van der Waals surface area contributed by atoms with Crippen LogP contribution >= 0.6 is 0 Å². The first-order valence-corrected chi connectivity index (χ1v) is 6.07. The van der Waals surface area contributed by atoms with Gasteiger partial charge < -0.3 is 10.4 Å². The molecule has 0 aliphatic carbocycles. The second-order valence-electron chi connectivity index (χ2n) is 5.15. The fourth-order valence-corrected chi connectivity index (χ4v) is 2.52. The van der Waals surface area contributed by atoms with Crippen LogP contribution in [0.4, 0.5) is 0 Å². The first kappa shape index (κ1) is 11.6. The molecule has 0 amide bonds. The Morgan fingerprint density at radius 2 is 2.19 bits per heavy atom. The van der Waals surface area contributed by atoms with Crippen molar-refractivity contribution in [1.29, 1.82) is 0 Å². The molecule has 88 valence electrons. The Balaban J connectivity index is 2.10. The van der Waals surface area contributed by atoms with Crippen molar-refractivity contribution in [3.05, 3.63) is 35.4 Å². The first-order valence-electron chi connectivity index (χ1n) is 6.07. The van der Waals surface area contributed by atoms with Crippen molar-refractivity contribution < 1.29 is 5.11 Å². The van der Waals surface area contributed by atoms with Gasteiger partial charge in [-0.2, -0.15) is 0 Å². The van der Waals surface area contributed by atoms with E-state index in [0.29, 0.717) is 5.92 Å². The van der Waals surface area contributed by atoms with Crippen molar-refractivity contribution in [1.82, 2.24) is 5.32 Å². The average molecular weight is 219 g/mol. The van der Waals surface area contributed by atoms with Gasteiger partial charge in [0.05, 0.1) is 5.60 Å². The summed E-state index contributed by atoms with van der Waals surface area (Å²) in [5.41, 5.74) is 1.95. The minimum absolute atomic E-state index is 0.382. The Labute approximate surface area is 97.7 Å². The van der Waals surface area contributed by atoms with Gasteiger partial charge in [0.25, 0.3) is 0 Å². The van der Waals surface area contributed by atoms with E-state index in [9.17, 15) is 5.11 Å². The number of hydrogen-bond donors (Lipinski definition) is 2. The molecule has 0 aromatic heterocycles. The van der Waals surface area contributed by atoms with Gasteiger partial charge in [0.1, 0.15) is 0 Å². The Bertz CT molecular complexity index is 354. The summed E-state index contributed by atoms with van der Waals surface area (Å²) in [5.74, 6) is 0.382. The quantitative estimate of drug-likeness (QED) is 0.814. The third kappa shape index (κ3) is 2.45. The van der Waals surface area contributed by atoms with Gasteiger partial charge >= 0.3 is 0 Å². The molecule has 1 saturated heterocycles. The first-order chi connectivity index (χ1) is 7.59. The third-order valence-electron chi connectivity index (χ3n) is 3.75. The van der Waals surface area contributed by atoms with E-state index < -0.39 is 5.60 Å². The van der Waals surface area contributed by atoms with Gasteiger partial charge in [0, 0.05) is 18.9 Å². The maximum absolute atomic E-state index is 10.6. The molecule has 2 unspecified atom stereocenters. The molecule has 16 heavy (non-hydrogen) atoms. The zero-order chi connectivity index (χ0) is 11.6. The molecule has 2 nitrogen and oxygen atoms in total. The maximum atomic E-state index is 10.6. The molecule has 1 aromatic carbocycles. The minimum Gasteiger partial charge on any atom is -0.389 e. The number of aliphatic hydroxyl groups is 1. The highest BCUT2D eigenvalue weighted by Crippen LogP contribution is 2.27. The number of hydrogen-bond acceptors (Lipinski definition) is 2. The highest BCUT2D eigenvalue weighted by Gasteiger charge is 2.34. The lowest BCUT2D eigenvalue weighted by atomic mass is 9.82. The van der Waals surface area contributed by atoms with Gasteiger partial charge in [-0.15, -0.1) is 0 Å². The molecular formula is C14H21NO. The van der Waals surface area contributed by atoms with E-state index in [2.05, 4.69) is 24.4 Å². The van der Waals surface area contributed by atoms with Crippen molar-refractivity contribution in [2.75, 3.05) is 13.1 Å². The molecule has 1 heterocycles. The summed E-state index contributed by atoms with van der Waals surface area (Å²) in [6.45, 7) is 6.06. The van der Waals surface area contributed by atoms with Gasteiger partial charge in [-0.25, -0.2) is 0 Å². The van der Waals surface area contributed by atoms with Crippen LogP contribution in [0.1, 0.15) is 24.5 Å². The maximum Gasteiger partial charge on any atom is 0.0700 e. The van der Waals surface area contributed by atoms with E-state index in [0.717, 1.165) is 25.9 Å². The lowest BCUT2D eigenvalue weighted by Gasteiger charge is -2.30. The predicted octanol–water partition coefficient (Wildman–Crippen LogP) is 1.90. The van der Waals surface area contributed by atoms with E-state index in [1.165, 1.54) is 11.1 Å². The number of aryl methyl sites for hydroxylation is 1. The molecule has 1 aliphatic heterocycles. The largest absolute Gasteiger partial charge is 0.389 e. The highest BCUT2D eigenvalue weighted by molar-refractivity contribution is 5.27. The van der Waals surface area contributed by atoms with Crippen LogP contribution in [-0.4, -0.2) is 23.8 Å². The molecule has 1 fully saturated rings. The molecular weight excluding hydrogens is 198 g/mol. The van der Waals surface area contributed by atoms with Crippen LogP contribution in [-0.2, 0) is 6.42 Å². The topological polar surface area (TPSA) is 32.3 Å². The molecule has 0 saturated carbocycles. The van der Waals surface area contributed by atoms with Gasteiger partial charge in [-0.1, -0.05) is 24.3 Å². The van der Waals surface area contributed by atoms with Crippen molar-refractivity contribution in [3.8, 4) is 0 Å². The Kier molecular flexibility index (Phi) is 3.31. The van der Waals surface area contributed by atoms with Crippen LogP contribution in [0.15, 0.2) is 24.3 Å². The molecule has 0 radical (unpaired) electrons. The molecule has 1 aromatic rings. The van der Waals surface area contributed by atoms with E-state index >= 15 is 0 Å². The van der Waals surface area contributed by atoms with Crippen molar-refractivity contribution in [3.63, 3.8) is 0 Å². The summed E-state index contributed by atoms with van der Waals surface area (Å²) in [6.07, 6.45) is 1.84. The molecule has 1 aliphatic rings. The molecule has 0 spiro atoms. The zero-order valence-electron chi connectivity index (χ0n) is 10.2.